The van der Waals surface area contributed by atoms with Gasteiger partial charge in [0, 0.05) is 0 Å². The fourth-order valence-corrected chi connectivity index (χ4v) is 1.54. The van der Waals surface area contributed by atoms with Crippen molar-refractivity contribution in [2.45, 2.75) is 0 Å². The number of carbonyl (C=O) groups excluding carboxylic acids is 1. The summed E-state index contributed by atoms with van der Waals surface area (Å²) in [6.07, 6.45) is 10.7. The summed E-state index contributed by atoms with van der Waals surface area (Å²) in [5.41, 5.74) is 2.31. The fraction of sp³-hybridized carbons (Fsp3) is 0.0714. The number of carbonyl (C=O) groups is 1. The van der Waals surface area contributed by atoms with Crippen LogP contribution in [0, 0.1) is 5.92 Å². The molecule has 0 heterocycles. The van der Waals surface area contributed by atoms with Gasteiger partial charge in [-0.15, -0.1) is 0 Å². The van der Waals surface area contributed by atoms with Gasteiger partial charge in [-0.3, -0.25) is 0 Å². The van der Waals surface area contributed by atoms with Crippen molar-refractivity contribution in [2.75, 3.05) is 0 Å². The molecular weight excluding hydrogens is 184 g/mol. The Hall–Kier alpha value is -1.89. The van der Waals surface area contributed by atoms with E-state index in [9.17, 15) is 4.79 Å². The molecule has 1 aromatic carbocycles. The van der Waals surface area contributed by atoms with E-state index in [-0.39, 0.29) is 5.92 Å². The van der Waals surface area contributed by atoms with Gasteiger partial charge in [-0.1, -0.05) is 60.7 Å². The number of hydrogen-bond donors (Lipinski definition) is 0. The van der Waals surface area contributed by atoms with Crippen LogP contribution in [0.15, 0.2) is 60.7 Å². The first-order chi connectivity index (χ1) is 7.40. The number of aldehydes is 1. The highest BCUT2D eigenvalue weighted by atomic mass is 16.1. The van der Waals surface area contributed by atoms with Crippen LogP contribution >= 0.6 is 0 Å². The van der Waals surface area contributed by atoms with E-state index < -0.39 is 0 Å². The molecule has 1 aromatic rings. The first-order valence-electron chi connectivity index (χ1n) is 4.97. The average molecular weight is 196 g/mol. The van der Waals surface area contributed by atoms with E-state index in [4.69, 9.17) is 0 Å². The Kier molecular flexibility index (Phi) is 2.93. The van der Waals surface area contributed by atoms with Crippen LogP contribution in [0.4, 0.5) is 0 Å². The van der Waals surface area contributed by atoms with Gasteiger partial charge < -0.3 is 4.79 Å². The van der Waals surface area contributed by atoms with E-state index in [0.29, 0.717) is 0 Å². The van der Waals surface area contributed by atoms with Gasteiger partial charge in [-0.25, -0.2) is 0 Å². The van der Waals surface area contributed by atoms with Gasteiger partial charge in [-0.2, -0.15) is 0 Å². The Labute approximate surface area is 89.4 Å². The zero-order valence-electron chi connectivity index (χ0n) is 8.34. The second kappa shape index (κ2) is 4.56. The van der Waals surface area contributed by atoms with Gasteiger partial charge in [-0.05, 0) is 11.1 Å². The van der Waals surface area contributed by atoms with Gasteiger partial charge >= 0.3 is 0 Å². The summed E-state index contributed by atoms with van der Waals surface area (Å²) in [4.78, 5) is 10.6. The molecule has 0 saturated carbocycles. The molecule has 15 heavy (non-hydrogen) atoms. The van der Waals surface area contributed by atoms with Crippen molar-refractivity contribution < 1.29 is 4.79 Å². The minimum Gasteiger partial charge on any atom is -0.302 e. The van der Waals surface area contributed by atoms with Crippen molar-refractivity contribution in [3.63, 3.8) is 0 Å². The van der Waals surface area contributed by atoms with Gasteiger partial charge in [0.2, 0.25) is 0 Å². The smallest absolute Gasteiger partial charge is 0.130 e. The molecular formula is C14H12O. The molecule has 1 nitrogen and oxygen atoms in total. The molecule has 1 unspecified atom stereocenters. The summed E-state index contributed by atoms with van der Waals surface area (Å²) in [5.74, 6) is -0.0949. The standard InChI is InChI=1S/C14H12O/c15-11-12-5-4-8-14(10-9-12)13-6-2-1-3-7-13/h1-12H. The predicted molar refractivity (Wildman–Crippen MR) is 62.3 cm³/mol. The monoisotopic (exact) mass is 196 g/mol. The van der Waals surface area contributed by atoms with Crippen molar-refractivity contribution >= 4 is 11.9 Å². The van der Waals surface area contributed by atoms with Crippen LogP contribution in [-0.2, 0) is 4.79 Å². The third kappa shape index (κ3) is 2.32. The van der Waals surface area contributed by atoms with E-state index >= 15 is 0 Å². The summed E-state index contributed by atoms with van der Waals surface area (Å²) in [5, 5.41) is 0. The Morgan fingerprint density at radius 2 is 1.87 bits per heavy atom. The van der Waals surface area contributed by atoms with Crippen LogP contribution in [-0.4, -0.2) is 6.29 Å². The second-order valence-electron chi connectivity index (χ2n) is 3.45. The van der Waals surface area contributed by atoms with Crippen molar-refractivity contribution in [3.05, 3.63) is 66.3 Å². The maximum Gasteiger partial charge on any atom is 0.130 e. The normalized spacial score (nSPS) is 19.5. The number of allylic oxidation sites excluding steroid dienone is 6. The Morgan fingerprint density at radius 1 is 1.07 bits per heavy atom. The number of hydrogen-bond acceptors (Lipinski definition) is 1. The number of rotatable bonds is 2. The highest BCUT2D eigenvalue weighted by molar-refractivity contribution is 5.77. The van der Waals surface area contributed by atoms with Crippen LogP contribution in [0.25, 0.3) is 5.57 Å². The Bertz CT molecular complexity index is 424. The quantitative estimate of drug-likeness (QED) is 0.664. The average Bonchev–Trinajstić information content (AvgIpc) is 2.55. The molecule has 1 atom stereocenters. The molecule has 0 N–H and O–H groups in total. The number of benzene rings is 1. The zero-order valence-corrected chi connectivity index (χ0v) is 8.34. The molecule has 0 aliphatic heterocycles. The van der Waals surface area contributed by atoms with Crippen LogP contribution in [0.2, 0.25) is 0 Å². The summed E-state index contributed by atoms with van der Waals surface area (Å²) >= 11 is 0. The lowest BCUT2D eigenvalue weighted by atomic mass is 10.1. The van der Waals surface area contributed by atoms with E-state index in [0.717, 1.165) is 11.9 Å². The third-order valence-electron chi connectivity index (χ3n) is 2.37. The highest BCUT2D eigenvalue weighted by Gasteiger charge is 2.02. The van der Waals surface area contributed by atoms with Crippen LogP contribution in [0.3, 0.4) is 0 Å². The molecule has 74 valence electrons. The molecule has 0 saturated heterocycles. The lowest BCUT2D eigenvalue weighted by Crippen LogP contribution is -1.90. The molecule has 1 aliphatic carbocycles. The van der Waals surface area contributed by atoms with Crippen molar-refractivity contribution in [3.8, 4) is 0 Å². The van der Waals surface area contributed by atoms with Crippen LogP contribution in [0.5, 0.6) is 0 Å². The summed E-state index contributed by atoms with van der Waals surface area (Å²) in [6.45, 7) is 0. The molecule has 0 radical (unpaired) electrons. The summed E-state index contributed by atoms with van der Waals surface area (Å²) in [6, 6.07) is 10.1. The molecule has 0 fully saturated rings. The maximum atomic E-state index is 10.6. The van der Waals surface area contributed by atoms with E-state index in [2.05, 4.69) is 12.1 Å². The maximum absolute atomic E-state index is 10.6. The minimum atomic E-state index is -0.0949. The second-order valence-corrected chi connectivity index (χ2v) is 3.45. The minimum absolute atomic E-state index is 0.0949. The van der Waals surface area contributed by atoms with Gasteiger partial charge in [0.1, 0.15) is 6.29 Å². The molecule has 1 aliphatic rings. The van der Waals surface area contributed by atoms with E-state index in [1.54, 1.807) is 0 Å². The van der Waals surface area contributed by atoms with Crippen molar-refractivity contribution in [1.82, 2.24) is 0 Å². The van der Waals surface area contributed by atoms with Crippen molar-refractivity contribution in [1.29, 1.82) is 0 Å². The Morgan fingerprint density at radius 3 is 2.60 bits per heavy atom. The van der Waals surface area contributed by atoms with E-state index in [1.165, 1.54) is 5.56 Å². The molecule has 0 aromatic heterocycles. The third-order valence-corrected chi connectivity index (χ3v) is 2.37. The lowest BCUT2D eigenvalue weighted by molar-refractivity contribution is -0.108. The molecule has 0 bridgehead atoms. The summed E-state index contributed by atoms with van der Waals surface area (Å²) < 4.78 is 0. The fourth-order valence-electron chi connectivity index (χ4n) is 1.54. The topological polar surface area (TPSA) is 17.1 Å². The largest absolute Gasteiger partial charge is 0.302 e. The zero-order chi connectivity index (χ0) is 10.5. The summed E-state index contributed by atoms with van der Waals surface area (Å²) in [7, 11) is 0. The van der Waals surface area contributed by atoms with Gasteiger partial charge in [0.25, 0.3) is 0 Å². The van der Waals surface area contributed by atoms with Crippen LogP contribution in [0.1, 0.15) is 5.56 Å². The molecule has 2 rings (SSSR count). The SMILES string of the molecule is O=CC1C=CC=C(c2ccccc2)C=C1. The van der Waals surface area contributed by atoms with E-state index in [1.807, 2.05) is 48.6 Å². The first-order valence-corrected chi connectivity index (χ1v) is 4.97. The predicted octanol–water partition coefficient (Wildman–Crippen LogP) is 3.01. The van der Waals surface area contributed by atoms with Crippen molar-refractivity contribution in [2.24, 2.45) is 5.92 Å². The molecule has 0 spiro atoms. The van der Waals surface area contributed by atoms with Crippen LogP contribution < -0.4 is 0 Å². The molecule has 0 amide bonds. The van der Waals surface area contributed by atoms with Gasteiger partial charge in [0.05, 0.1) is 5.92 Å². The molecule has 1 heteroatoms. The highest BCUT2D eigenvalue weighted by Crippen LogP contribution is 2.18. The lowest BCUT2D eigenvalue weighted by Gasteiger charge is -2.00. The van der Waals surface area contributed by atoms with Gasteiger partial charge in [0.15, 0.2) is 0 Å². The Balaban J connectivity index is 2.29. The first kappa shape index (κ1) is 9.66.